The van der Waals surface area contributed by atoms with Crippen LogP contribution in [0.4, 0.5) is 0 Å². The standard InChI is InChI=1S/C23H37NO7/c1-16-17(2)21-19(18(3)20(16)25)6-7-23(4,31-21)22(26)24-8-9-28-12-13-30-15-14-29-11-10-27-5/h25H,6-15H2,1-5H3,(H,24,26). The summed E-state index contributed by atoms with van der Waals surface area (Å²) in [6, 6.07) is 0. The molecule has 0 bridgehead atoms. The molecule has 31 heavy (non-hydrogen) atoms. The first-order valence-electron chi connectivity index (χ1n) is 10.8. The lowest BCUT2D eigenvalue weighted by Crippen LogP contribution is -2.51. The predicted molar refractivity (Wildman–Crippen MR) is 117 cm³/mol. The van der Waals surface area contributed by atoms with Gasteiger partial charge in [0, 0.05) is 25.6 Å². The number of benzene rings is 1. The number of phenols is 1. The van der Waals surface area contributed by atoms with E-state index in [4.69, 9.17) is 23.7 Å². The van der Waals surface area contributed by atoms with Crippen LogP contribution in [0, 0.1) is 20.8 Å². The number of phenolic OH excluding ortho intramolecular Hbond substituents is 1. The molecule has 1 heterocycles. The van der Waals surface area contributed by atoms with Crippen molar-refractivity contribution in [3.05, 3.63) is 22.3 Å². The van der Waals surface area contributed by atoms with Gasteiger partial charge in [-0.15, -0.1) is 0 Å². The molecule has 0 spiro atoms. The maximum absolute atomic E-state index is 12.8. The average molecular weight is 440 g/mol. The second kappa shape index (κ2) is 12.2. The SMILES string of the molecule is COCCOCCOCCOCCNC(=O)C1(C)CCc2c(C)c(O)c(C)c(C)c2O1. The Morgan fingerprint density at radius 2 is 1.55 bits per heavy atom. The van der Waals surface area contributed by atoms with Gasteiger partial charge in [0.15, 0.2) is 5.60 Å². The Morgan fingerprint density at radius 3 is 2.16 bits per heavy atom. The zero-order valence-corrected chi connectivity index (χ0v) is 19.5. The number of ether oxygens (including phenoxy) is 5. The third-order valence-corrected chi connectivity index (χ3v) is 5.71. The summed E-state index contributed by atoms with van der Waals surface area (Å²) in [5, 5.41) is 13.2. The highest BCUT2D eigenvalue weighted by atomic mass is 16.6. The summed E-state index contributed by atoms with van der Waals surface area (Å²) in [6.45, 7) is 11.4. The summed E-state index contributed by atoms with van der Waals surface area (Å²) in [4.78, 5) is 12.8. The van der Waals surface area contributed by atoms with Gasteiger partial charge in [-0.2, -0.15) is 0 Å². The van der Waals surface area contributed by atoms with Gasteiger partial charge < -0.3 is 34.1 Å². The summed E-state index contributed by atoms with van der Waals surface area (Å²) in [7, 11) is 1.64. The number of carbonyl (C=O) groups excluding carboxylic acids is 1. The second-order valence-corrected chi connectivity index (χ2v) is 7.95. The maximum atomic E-state index is 12.8. The highest BCUT2D eigenvalue weighted by Gasteiger charge is 2.40. The van der Waals surface area contributed by atoms with Crippen LogP contribution in [0.15, 0.2) is 0 Å². The molecule has 8 heteroatoms. The number of rotatable bonds is 13. The third-order valence-electron chi connectivity index (χ3n) is 5.71. The molecule has 1 aliphatic rings. The molecule has 1 atom stereocenters. The van der Waals surface area contributed by atoms with E-state index in [1.807, 2.05) is 27.7 Å². The first-order chi connectivity index (χ1) is 14.8. The molecule has 0 saturated carbocycles. The molecule has 1 aromatic rings. The number of hydrogen-bond acceptors (Lipinski definition) is 7. The molecule has 2 rings (SSSR count). The molecule has 0 radical (unpaired) electrons. The molecule has 0 aromatic heterocycles. The molecule has 176 valence electrons. The zero-order valence-electron chi connectivity index (χ0n) is 19.5. The Morgan fingerprint density at radius 1 is 0.968 bits per heavy atom. The van der Waals surface area contributed by atoms with E-state index in [1.54, 1.807) is 7.11 Å². The number of amides is 1. The van der Waals surface area contributed by atoms with E-state index in [1.165, 1.54) is 0 Å². The lowest BCUT2D eigenvalue weighted by atomic mass is 9.86. The van der Waals surface area contributed by atoms with Crippen LogP contribution >= 0.6 is 0 Å². The number of nitrogens with one attached hydrogen (secondary N) is 1. The number of aromatic hydroxyl groups is 1. The fourth-order valence-electron chi connectivity index (χ4n) is 3.52. The topological polar surface area (TPSA) is 95.5 Å². The van der Waals surface area contributed by atoms with Gasteiger partial charge in [-0.3, -0.25) is 4.79 Å². The largest absolute Gasteiger partial charge is 0.507 e. The summed E-state index contributed by atoms with van der Waals surface area (Å²) in [5.41, 5.74) is 2.54. The zero-order chi connectivity index (χ0) is 22.9. The van der Waals surface area contributed by atoms with Gasteiger partial charge >= 0.3 is 0 Å². The van der Waals surface area contributed by atoms with E-state index in [0.717, 1.165) is 28.0 Å². The quantitative estimate of drug-likeness (QED) is 0.455. The Balaban J connectivity index is 1.68. The Kier molecular flexibility index (Phi) is 10.0. The van der Waals surface area contributed by atoms with Gasteiger partial charge in [-0.25, -0.2) is 0 Å². The molecular weight excluding hydrogens is 402 g/mol. The number of fused-ring (bicyclic) bond motifs is 1. The van der Waals surface area contributed by atoms with E-state index < -0.39 is 5.60 Å². The minimum absolute atomic E-state index is 0.158. The molecule has 2 N–H and O–H groups in total. The van der Waals surface area contributed by atoms with Crippen LogP contribution in [0.1, 0.15) is 35.6 Å². The van der Waals surface area contributed by atoms with Gasteiger partial charge in [0.05, 0.1) is 46.2 Å². The van der Waals surface area contributed by atoms with E-state index >= 15 is 0 Å². The minimum atomic E-state index is -0.945. The Labute approximate surface area is 185 Å². The van der Waals surface area contributed by atoms with Crippen molar-refractivity contribution in [3.63, 3.8) is 0 Å². The van der Waals surface area contributed by atoms with Crippen LogP contribution in [0.25, 0.3) is 0 Å². The summed E-state index contributed by atoms with van der Waals surface area (Å²) in [6.07, 6.45) is 1.23. The highest BCUT2D eigenvalue weighted by Crippen LogP contribution is 2.43. The minimum Gasteiger partial charge on any atom is -0.507 e. The Bertz CT molecular complexity index is 737. The van der Waals surface area contributed by atoms with E-state index in [2.05, 4.69) is 5.32 Å². The average Bonchev–Trinajstić information content (AvgIpc) is 2.76. The van der Waals surface area contributed by atoms with E-state index in [0.29, 0.717) is 71.4 Å². The molecule has 0 fully saturated rings. The smallest absolute Gasteiger partial charge is 0.263 e. The fourth-order valence-corrected chi connectivity index (χ4v) is 3.52. The lowest BCUT2D eigenvalue weighted by Gasteiger charge is -2.36. The third kappa shape index (κ3) is 6.80. The van der Waals surface area contributed by atoms with Gasteiger partial charge in [0.1, 0.15) is 11.5 Å². The van der Waals surface area contributed by atoms with Crippen LogP contribution in [0.2, 0.25) is 0 Å². The van der Waals surface area contributed by atoms with Crippen molar-refractivity contribution < 1.29 is 33.6 Å². The van der Waals surface area contributed by atoms with Crippen molar-refractivity contribution in [2.75, 3.05) is 59.9 Å². The molecule has 1 unspecified atom stereocenters. The number of methoxy groups -OCH3 is 1. The van der Waals surface area contributed by atoms with Crippen LogP contribution in [-0.4, -0.2) is 76.5 Å². The molecule has 0 saturated heterocycles. The van der Waals surface area contributed by atoms with Crippen LogP contribution in [0.3, 0.4) is 0 Å². The second-order valence-electron chi connectivity index (χ2n) is 7.95. The van der Waals surface area contributed by atoms with Crippen LogP contribution in [-0.2, 0) is 30.2 Å². The first-order valence-corrected chi connectivity index (χ1v) is 10.8. The van der Waals surface area contributed by atoms with Gasteiger partial charge in [0.2, 0.25) is 0 Å². The lowest BCUT2D eigenvalue weighted by molar-refractivity contribution is -0.137. The Hall–Kier alpha value is -1.87. The van der Waals surface area contributed by atoms with Crippen molar-refractivity contribution in [1.82, 2.24) is 5.32 Å². The normalized spacial score (nSPS) is 17.8. The van der Waals surface area contributed by atoms with Crippen LogP contribution < -0.4 is 10.1 Å². The molecule has 1 aliphatic heterocycles. The highest BCUT2D eigenvalue weighted by molar-refractivity contribution is 5.85. The molecule has 1 amide bonds. The molecule has 0 aliphatic carbocycles. The fraction of sp³-hybridized carbons (Fsp3) is 0.696. The van der Waals surface area contributed by atoms with Crippen molar-refractivity contribution in [3.8, 4) is 11.5 Å². The van der Waals surface area contributed by atoms with Gasteiger partial charge in [-0.1, -0.05) is 0 Å². The number of hydrogen-bond donors (Lipinski definition) is 2. The summed E-state index contributed by atoms with van der Waals surface area (Å²) < 4.78 is 27.3. The van der Waals surface area contributed by atoms with E-state index in [-0.39, 0.29) is 5.91 Å². The van der Waals surface area contributed by atoms with Crippen molar-refractivity contribution in [1.29, 1.82) is 0 Å². The van der Waals surface area contributed by atoms with E-state index in [9.17, 15) is 9.90 Å². The van der Waals surface area contributed by atoms with Gasteiger partial charge in [0.25, 0.3) is 5.91 Å². The summed E-state index contributed by atoms with van der Waals surface area (Å²) in [5.74, 6) is 0.873. The van der Waals surface area contributed by atoms with Gasteiger partial charge in [-0.05, 0) is 50.8 Å². The monoisotopic (exact) mass is 439 g/mol. The van der Waals surface area contributed by atoms with Crippen molar-refractivity contribution in [2.24, 2.45) is 0 Å². The maximum Gasteiger partial charge on any atom is 0.263 e. The first kappa shape index (κ1) is 25.4. The van der Waals surface area contributed by atoms with Crippen LogP contribution in [0.5, 0.6) is 11.5 Å². The number of carbonyl (C=O) groups is 1. The molecule has 1 aromatic carbocycles. The predicted octanol–water partition coefficient (Wildman–Crippen LogP) is 2.21. The molecular formula is C23H37NO7. The molecule has 8 nitrogen and oxygen atoms in total. The van der Waals surface area contributed by atoms with Crippen molar-refractivity contribution >= 4 is 5.91 Å². The summed E-state index contributed by atoms with van der Waals surface area (Å²) >= 11 is 0. The van der Waals surface area contributed by atoms with Crippen molar-refractivity contribution in [2.45, 2.75) is 46.1 Å².